The Morgan fingerprint density at radius 3 is 2.70 bits per heavy atom. The van der Waals surface area contributed by atoms with Crippen molar-refractivity contribution in [3.05, 3.63) is 65.4 Å². The minimum Gasteiger partial charge on any atom is -0.494 e. The highest BCUT2D eigenvalue weighted by atomic mass is 16.5. The van der Waals surface area contributed by atoms with E-state index in [1.165, 1.54) is 0 Å². The maximum Gasteiger partial charge on any atom is 0.257 e. The minimum atomic E-state index is -0.198. The number of aryl methyl sites for hydroxylation is 2. The Labute approximate surface area is 158 Å². The summed E-state index contributed by atoms with van der Waals surface area (Å²) in [6.45, 7) is 4.69. The van der Waals surface area contributed by atoms with E-state index < -0.39 is 0 Å². The molecule has 6 heteroatoms. The lowest BCUT2D eigenvalue weighted by Gasteiger charge is -2.09. The second-order valence-electron chi connectivity index (χ2n) is 6.31. The molecule has 0 fully saturated rings. The van der Waals surface area contributed by atoms with Crippen molar-refractivity contribution in [2.45, 2.75) is 20.3 Å². The van der Waals surface area contributed by atoms with Crippen LogP contribution in [0.4, 0.5) is 5.69 Å². The Hall–Kier alpha value is -3.28. The largest absolute Gasteiger partial charge is 0.494 e. The van der Waals surface area contributed by atoms with Crippen molar-refractivity contribution in [1.29, 1.82) is 0 Å². The standard InChI is InChI=1S/C21H23N3O3/c1-14-13-17(9-10-18(14)22)26-12-6-11-23-21(25)19-15(2)24-27-20(19)16-7-4-3-5-8-16/h3-5,7-10,13H,6,11-12,22H2,1-2H3,(H,23,25). The Morgan fingerprint density at radius 2 is 1.96 bits per heavy atom. The molecule has 0 atom stereocenters. The third-order valence-electron chi connectivity index (χ3n) is 4.24. The quantitative estimate of drug-likeness (QED) is 0.492. The number of carbonyl (C=O) groups excluding carboxylic acids is 1. The Balaban J connectivity index is 1.53. The number of benzene rings is 2. The highest BCUT2D eigenvalue weighted by Crippen LogP contribution is 2.25. The van der Waals surface area contributed by atoms with Crippen LogP contribution in [0, 0.1) is 13.8 Å². The zero-order chi connectivity index (χ0) is 19.2. The number of rotatable bonds is 7. The van der Waals surface area contributed by atoms with Gasteiger partial charge in [-0.3, -0.25) is 4.79 Å². The summed E-state index contributed by atoms with van der Waals surface area (Å²) in [6, 6.07) is 15.0. The van der Waals surface area contributed by atoms with Crippen LogP contribution in [0.5, 0.6) is 5.75 Å². The van der Waals surface area contributed by atoms with Gasteiger partial charge in [-0.2, -0.15) is 0 Å². The number of carbonyl (C=O) groups is 1. The molecule has 3 rings (SSSR count). The van der Waals surface area contributed by atoms with Crippen molar-refractivity contribution in [3.63, 3.8) is 0 Å². The van der Waals surface area contributed by atoms with Crippen molar-refractivity contribution in [2.75, 3.05) is 18.9 Å². The molecule has 0 unspecified atom stereocenters. The summed E-state index contributed by atoms with van der Waals surface area (Å²) in [7, 11) is 0. The summed E-state index contributed by atoms with van der Waals surface area (Å²) in [5, 5.41) is 6.85. The van der Waals surface area contributed by atoms with E-state index in [-0.39, 0.29) is 5.91 Å². The van der Waals surface area contributed by atoms with E-state index in [2.05, 4.69) is 10.5 Å². The molecule has 0 aliphatic heterocycles. The molecule has 3 N–H and O–H groups in total. The Bertz CT molecular complexity index is 920. The van der Waals surface area contributed by atoms with E-state index in [9.17, 15) is 4.79 Å². The van der Waals surface area contributed by atoms with Crippen molar-refractivity contribution < 1.29 is 14.1 Å². The van der Waals surface area contributed by atoms with E-state index in [0.29, 0.717) is 36.6 Å². The lowest BCUT2D eigenvalue weighted by molar-refractivity contribution is 0.0951. The molecule has 2 aromatic carbocycles. The fourth-order valence-electron chi connectivity index (χ4n) is 2.71. The average Bonchev–Trinajstić information content (AvgIpc) is 3.06. The molecule has 0 saturated carbocycles. The van der Waals surface area contributed by atoms with Crippen LogP contribution >= 0.6 is 0 Å². The van der Waals surface area contributed by atoms with Gasteiger partial charge in [-0.05, 0) is 44.0 Å². The highest BCUT2D eigenvalue weighted by molar-refractivity contribution is 6.00. The molecule has 0 radical (unpaired) electrons. The number of aromatic nitrogens is 1. The van der Waals surface area contributed by atoms with Crippen molar-refractivity contribution in [3.8, 4) is 17.1 Å². The monoisotopic (exact) mass is 365 g/mol. The van der Waals surface area contributed by atoms with Gasteiger partial charge in [-0.15, -0.1) is 0 Å². The fraction of sp³-hybridized carbons (Fsp3) is 0.238. The first-order valence-corrected chi connectivity index (χ1v) is 8.85. The Morgan fingerprint density at radius 1 is 1.19 bits per heavy atom. The van der Waals surface area contributed by atoms with Crippen LogP contribution in [0.2, 0.25) is 0 Å². The van der Waals surface area contributed by atoms with Crippen molar-refractivity contribution >= 4 is 11.6 Å². The zero-order valence-electron chi connectivity index (χ0n) is 15.5. The minimum absolute atomic E-state index is 0.198. The normalized spacial score (nSPS) is 10.6. The SMILES string of the molecule is Cc1cc(OCCCNC(=O)c2c(C)noc2-c2ccccc2)ccc1N. The van der Waals surface area contributed by atoms with Gasteiger partial charge in [0.15, 0.2) is 5.76 Å². The molecule has 0 spiro atoms. The van der Waals surface area contributed by atoms with Crippen molar-refractivity contribution in [2.24, 2.45) is 0 Å². The van der Waals surface area contributed by atoms with Gasteiger partial charge in [0.1, 0.15) is 11.3 Å². The third-order valence-corrected chi connectivity index (χ3v) is 4.24. The molecule has 0 aliphatic rings. The van der Waals surface area contributed by atoms with Crippen LogP contribution in [0.25, 0.3) is 11.3 Å². The zero-order valence-corrected chi connectivity index (χ0v) is 15.5. The summed E-state index contributed by atoms with van der Waals surface area (Å²) in [5.74, 6) is 1.06. The van der Waals surface area contributed by atoms with Gasteiger partial charge in [0, 0.05) is 17.8 Å². The average molecular weight is 365 g/mol. The number of nitrogens with one attached hydrogen (secondary N) is 1. The van der Waals surface area contributed by atoms with Gasteiger partial charge in [0.25, 0.3) is 5.91 Å². The summed E-state index contributed by atoms with van der Waals surface area (Å²) in [5.41, 5.74) is 9.38. The summed E-state index contributed by atoms with van der Waals surface area (Å²) >= 11 is 0. The molecule has 1 heterocycles. The highest BCUT2D eigenvalue weighted by Gasteiger charge is 2.21. The second kappa shape index (κ2) is 8.40. The van der Waals surface area contributed by atoms with Gasteiger partial charge < -0.3 is 20.3 Å². The smallest absolute Gasteiger partial charge is 0.257 e. The van der Waals surface area contributed by atoms with E-state index in [4.69, 9.17) is 15.0 Å². The van der Waals surface area contributed by atoms with E-state index in [0.717, 1.165) is 22.6 Å². The van der Waals surface area contributed by atoms with Crippen LogP contribution in [0.15, 0.2) is 53.1 Å². The Kier molecular flexibility index (Phi) is 5.76. The first kappa shape index (κ1) is 18.5. The fourth-order valence-corrected chi connectivity index (χ4v) is 2.71. The molecular formula is C21H23N3O3. The van der Waals surface area contributed by atoms with E-state index >= 15 is 0 Å². The molecule has 6 nitrogen and oxygen atoms in total. The van der Waals surface area contributed by atoms with Crippen LogP contribution in [-0.2, 0) is 0 Å². The van der Waals surface area contributed by atoms with Gasteiger partial charge in [0.2, 0.25) is 0 Å². The summed E-state index contributed by atoms with van der Waals surface area (Å²) < 4.78 is 11.1. The molecule has 0 bridgehead atoms. The number of anilines is 1. The molecule has 140 valence electrons. The third kappa shape index (κ3) is 4.47. The second-order valence-corrected chi connectivity index (χ2v) is 6.31. The van der Waals surface area contributed by atoms with Crippen LogP contribution in [0.3, 0.4) is 0 Å². The van der Waals surface area contributed by atoms with E-state index in [1.54, 1.807) is 6.92 Å². The number of hydrogen-bond acceptors (Lipinski definition) is 5. The van der Waals surface area contributed by atoms with Crippen LogP contribution in [-0.4, -0.2) is 24.2 Å². The van der Waals surface area contributed by atoms with Crippen LogP contribution in [0.1, 0.15) is 28.0 Å². The lowest BCUT2D eigenvalue weighted by atomic mass is 10.1. The number of hydrogen-bond donors (Lipinski definition) is 2. The molecule has 27 heavy (non-hydrogen) atoms. The molecule has 0 saturated heterocycles. The maximum atomic E-state index is 12.6. The number of nitrogens with two attached hydrogens (primary N) is 1. The van der Waals surface area contributed by atoms with Gasteiger partial charge >= 0.3 is 0 Å². The molecule has 3 aromatic rings. The van der Waals surface area contributed by atoms with E-state index in [1.807, 2.05) is 55.5 Å². The number of nitrogen functional groups attached to an aromatic ring is 1. The predicted octanol–water partition coefficient (Wildman–Crippen LogP) is 3.74. The van der Waals surface area contributed by atoms with Gasteiger partial charge in [-0.25, -0.2) is 0 Å². The summed E-state index contributed by atoms with van der Waals surface area (Å²) in [6.07, 6.45) is 0.681. The van der Waals surface area contributed by atoms with Crippen molar-refractivity contribution in [1.82, 2.24) is 10.5 Å². The topological polar surface area (TPSA) is 90.4 Å². The lowest BCUT2D eigenvalue weighted by Crippen LogP contribution is -2.26. The summed E-state index contributed by atoms with van der Waals surface area (Å²) in [4.78, 5) is 12.6. The molecule has 0 aliphatic carbocycles. The van der Waals surface area contributed by atoms with Crippen LogP contribution < -0.4 is 15.8 Å². The molecule has 1 aromatic heterocycles. The first-order valence-electron chi connectivity index (χ1n) is 8.85. The number of ether oxygens (including phenoxy) is 1. The first-order chi connectivity index (χ1) is 13.1. The van der Waals surface area contributed by atoms with Gasteiger partial charge in [0.05, 0.1) is 12.3 Å². The predicted molar refractivity (Wildman–Crippen MR) is 105 cm³/mol. The number of amides is 1. The molecule has 1 amide bonds. The number of nitrogens with zero attached hydrogens (tertiary/aromatic N) is 1. The molecular weight excluding hydrogens is 342 g/mol. The maximum absolute atomic E-state index is 12.6. The van der Waals surface area contributed by atoms with Gasteiger partial charge in [-0.1, -0.05) is 35.5 Å².